The Bertz CT molecular complexity index is 2190. The summed E-state index contributed by atoms with van der Waals surface area (Å²) in [5.41, 5.74) is 11.6. The molecule has 6 aromatic carbocycles. The molecule has 46 heavy (non-hydrogen) atoms. The Balaban J connectivity index is 1.23. The molecule has 3 heteroatoms. The van der Waals surface area contributed by atoms with E-state index in [2.05, 4.69) is 157 Å². The van der Waals surface area contributed by atoms with E-state index in [9.17, 15) is 0 Å². The van der Waals surface area contributed by atoms with Crippen LogP contribution < -0.4 is 0 Å². The maximum Gasteiger partial charge on any atom is 0.160 e. The van der Waals surface area contributed by atoms with Gasteiger partial charge in [0.1, 0.15) is 0 Å². The van der Waals surface area contributed by atoms with Gasteiger partial charge in [-0.25, -0.2) is 9.97 Å². The Labute approximate surface area is 268 Å². The SMILES string of the molecule is c1ccc(-c2cccc(-c3cc(-c4cccc(-c5cccnc5)c4)nc(-c4ccc(-c5ccc6ccccc6c5)cc4)n3)c2)cc1. The summed E-state index contributed by atoms with van der Waals surface area (Å²) in [4.78, 5) is 14.6. The topological polar surface area (TPSA) is 38.7 Å². The highest BCUT2D eigenvalue weighted by atomic mass is 14.9. The molecule has 8 aromatic rings. The third kappa shape index (κ3) is 5.58. The van der Waals surface area contributed by atoms with Crippen LogP contribution in [0.1, 0.15) is 0 Å². The number of aromatic nitrogens is 3. The van der Waals surface area contributed by atoms with Crippen molar-refractivity contribution < 1.29 is 0 Å². The number of rotatable bonds is 6. The van der Waals surface area contributed by atoms with Crippen molar-refractivity contribution in [2.24, 2.45) is 0 Å². The molecule has 0 aliphatic carbocycles. The lowest BCUT2D eigenvalue weighted by Gasteiger charge is -2.12. The summed E-state index contributed by atoms with van der Waals surface area (Å²) in [6, 6.07) is 57.3. The third-order valence-electron chi connectivity index (χ3n) is 8.37. The van der Waals surface area contributed by atoms with Crippen LogP contribution in [0.25, 0.3) is 78.1 Å². The number of hydrogen-bond acceptors (Lipinski definition) is 3. The molecule has 0 spiro atoms. The summed E-state index contributed by atoms with van der Waals surface area (Å²) in [6.45, 7) is 0. The summed E-state index contributed by atoms with van der Waals surface area (Å²) in [7, 11) is 0. The predicted octanol–water partition coefficient (Wildman–Crippen LogP) is 11.0. The van der Waals surface area contributed by atoms with Crippen LogP contribution in [-0.4, -0.2) is 15.0 Å². The molecule has 0 saturated carbocycles. The largest absolute Gasteiger partial charge is 0.264 e. The number of benzene rings is 6. The number of fused-ring (bicyclic) bond motifs is 1. The van der Waals surface area contributed by atoms with Gasteiger partial charge in [0.25, 0.3) is 0 Å². The number of nitrogens with zero attached hydrogens (tertiary/aromatic N) is 3. The summed E-state index contributed by atoms with van der Waals surface area (Å²) in [6.07, 6.45) is 3.69. The van der Waals surface area contributed by atoms with E-state index < -0.39 is 0 Å². The Morgan fingerprint density at radius 3 is 1.52 bits per heavy atom. The highest BCUT2D eigenvalue weighted by Crippen LogP contribution is 2.33. The molecule has 2 aromatic heterocycles. The molecule has 0 fully saturated rings. The lowest BCUT2D eigenvalue weighted by Crippen LogP contribution is -1.96. The van der Waals surface area contributed by atoms with Crippen molar-refractivity contribution >= 4 is 10.8 Å². The molecule has 0 radical (unpaired) electrons. The minimum atomic E-state index is 0.689. The molecule has 0 N–H and O–H groups in total. The molecular formula is C43H29N3. The lowest BCUT2D eigenvalue weighted by atomic mass is 9.99. The van der Waals surface area contributed by atoms with Gasteiger partial charge >= 0.3 is 0 Å². The summed E-state index contributed by atoms with van der Waals surface area (Å²) in [5, 5.41) is 2.47. The van der Waals surface area contributed by atoms with Crippen molar-refractivity contribution in [3.05, 3.63) is 176 Å². The second-order valence-electron chi connectivity index (χ2n) is 11.4. The van der Waals surface area contributed by atoms with Crippen LogP contribution in [0, 0.1) is 0 Å². The lowest BCUT2D eigenvalue weighted by molar-refractivity contribution is 1.18. The molecule has 0 atom stereocenters. The average Bonchev–Trinajstić information content (AvgIpc) is 3.15. The van der Waals surface area contributed by atoms with Gasteiger partial charge in [-0.1, -0.05) is 133 Å². The van der Waals surface area contributed by atoms with Crippen molar-refractivity contribution in [2.45, 2.75) is 0 Å². The fourth-order valence-electron chi connectivity index (χ4n) is 5.93. The fourth-order valence-corrected chi connectivity index (χ4v) is 5.93. The third-order valence-corrected chi connectivity index (χ3v) is 8.37. The van der Waals surface area contributed by atoms with Crippen LogP contribution in [0.15, 0.2) is 176 Å². The quantitative estimate of drug-likeness (QED) is 0.194. The van der Waals surface area contributed by atoms with E-state index in [1.165, 1.54) is 21.9 Å². The maximum absolute atomic E-state index is 5.14. The smallest absolute Gasteiger partial charge is 0.160 e. The highest BCUT2D eigenvalue weighted by Gasteiger charge is 2.13. The van der Waals surface area contributed by atoms with Crippen LogP contribution in [0.3, 0.4) is 0 Å². The first-order chi connectivity index (χ1) is 22.8. The molecule has 0 aliphatic heterocycles. The van der Waals surface area contributed by atoms with Gasteiger partial charge in [-0.3, -0.25) is 4.98 Å². The molecule has 216 valence electrons. The van der Waals surface area contributed by atoms with E-state index in [0.29, 0.717) is 5.82 Å². The first kappa shape index (κ1) is 27.4. The molecule has 8 rings (SSSR count). The monoisotopic (exact) mass is 587 g/mol. The van der Waals surface area contributed by atoms with Gasteiger partial charge in [-0.2, -0.15) is 0 Å². The summed E-state index contributed by atoms with van der Waals surface area (Å²) < 4.78 is 0. The van der Waals surface area contributed by atoms with Crippen LogP contribution in [0.5, 0.6) is 0 Å². The fraction of sp³-hybridized carbons (Fsp3) is 0. The highest BCUT2D eigenvalue weighted by molar-refractivity contribution is 5.87. The van der Waals surface area contributed by atoms with E-state index in [1.807, 2.05) is 18.3 Å². The zero-order valence-electron chi connectivity index (χ0n) is 25.1. The predicted molar refractivity (Wildman–Crippen MR) is 190 cm³/mol. The Kier molecular flexibility index (Phi) is 7.18. The van der Waals surface area contributed by atoms with Gasteiger partial charge in [0.2, 0.25) is 0 Å². The van der Waals surface area contributed by atoms with E-state index in [0.717, 1.165) is 50.3 Å². The van der Waals surface area contributed by atoms with Crippen LogP contribution in [0.4, 0.5) is 0 Å². The first-order valence-corrected chi connectivity index (χ1v) is 15.4. The van der Waals surface area contributed by atoms with Crippen molar-refractivity contribution in [1.29, 1.82) is 0 Å². The molecule has 0 amide bonds. The summed E-state index contributed by atoms with van der Waals surface area (Å²) in [5.74, 6) is 0.689. The van der Waals surface area contributed by atoms with Crippen molar-refractivity contribution in [1.82, 2.24) is 15.0 Å². The van der Waals surface area contributed by atoms with Crippen LogP contribution >= 0.6 is 0 Å². The second-order valence-corrected chi connectivity index (χ2v) is 11.4. The zero-order chi connectivity index (χ0) is 30.7. The number of pyridine rings is 1. The Morgan fingerprint density at radius 2 is 0.826 bits per heavy atom. The van der Waals surface area contributed by atoms with Gasteiger partial charge in [0, 0.05) is 34.6 Å². The van der Waals surface area contributed by atoms with Crippen LogP contribution in [0.2, 0.25) is 0 Å². The maximum atomic E-state index is 5.14. The Hall–Kier alpha value is -6.19. The molecule has 0 aliphatic rings. The molecular weight excluding hydrogens is 558 g/mol. The van der Waals surface area contributed by atoms with Gasteiger partial charge in [-0.05, 0) is 68.9 Å². The van der Waals surface area contributed by atoms with Gasteiger partial charge in [-0.15, -0.1) is 0 Å². The number of hydrogen-bond donors (Lipinski definition) is 0. The zero-order valence-corrected chi connectivity index (χ0v) is 25.1. The molecule has 2 heterocycles. The normalized spacial score (nSPS) is 11.0. The first-order valence-electron chi connectivity index (χ1n) is 15.4. The minimum Gasteiger partial charge on any atom is -0.264 e. The molecule has 0 unspecified atom stereocenters. The van der Waals surface area contributed by atoms with E-state index >= 15 is 0 Å². The van der Waals surface area contributed by atoms with E-state index in [4.69, 9.17) is 9.97 Å². The Morgan fingerprint density at radius 1 is 0.304 bits per heavy atom. The summed E-state index contributed by atoms with van der Waals surface area (Å²) >= 11 is 0. The van der Waals surface area contributed by atoms with Crippen molar-refractivity contribution in [2.75, 3.05) is 0 Å². The molecule has 0 saturated heterocycles. The van der Waals surface area contributed by atoms with Crippen molar-refractivity contribution in [3.8, 4) is 67.3 Å². The standard InChI is InChI=1S/C43H29N3/c1-2-9-30(10-3-1)35-13-6-15-38(26-35)41-28-42(39-16-7-14-36(27-39)40-17-8-24-44-29-40)46-43(45-41)33-21-18-32(19-22-33)37-23-20-31-11-4-5-12-34(31)25-37/h1-29H. The molecule has 3 nitrogen and oxygen atoms in total. The van der Waals surface area contributed by atoms with Gasteiger partial charge in [0.15, 0.2) is 5.82 Å². The molecule has 0 bridgehead atoms. The van der Waals surface area contributed by atoms with E-state index in [-0.39, 0.29) is 0 Å². The second kappa shape index (κ2) is 12.1. The van der Waals surface area contributed by atoms with Gasteiger partial charge in [0.05, 0.1) is 11.4 Å². The van der Waals surface area contributed by atoms with Gasteiger partial charge < -0.3 is 0 Å². The average molecular weight is 588 g/mol. The minimum absolute atomic E-state index is 0.689. The van der Waals surface area contributed by atoms with E-state index in [1.54, 1.807) is 6.20 Å². The van der Waals surface area contributed by atoms with Crippen molar-refractivity contribution in [3.63, 3.8) is 0 Å². The van der Waals surface area contributed by atoms with Crippen LogP contribution in [-0.2, 0) is 0 Å².